The lowest BCUT2D eigenvalue weighted by atomic mass is 10.1. The summed E-state index contributed by atoms with van der Waals surface area (Å²) >= 11 is 0. The number of ether oxygens (including phenoxy) is 1. The lowest BCUT2D eigenvalue weighted by molar-refractivity contribution is 0.311. The smallest absolute Gasteiger partial charge is 0.326 e. The van der Waals surface area contributed by atoms with Crippen LogP contribution in [0.4, 0.5) is 16.0 Å². The molecule has 0 radical (unpaired) electrons. The molecule has 0 spiro atoms. The topological polar surface area (TPSA) is 91.7 Å². The van der Waals surface area contributed by atoms with Gasteiger partial charge in [0.15, 0.2) is 11.6 Å². The summed E-state index contributed by atoms with van der Waals surface area (Å²) in [6.07, 6.45) is 4.50. The van der Waals surface area contributed by atoms with Gasteiger partial charge in [-0.25, -0.2) is 4.39 Å². The Kier molecular flexibility index (Phi) is 5.26. The molecule has 29 heavy (non-hydrogen) atoms. The van der Waals surface area contributed by atoms with Crippen molar-refractivity contribution in [2.24, 2.45) is 4.99 Å². The Morgan fingerprint density at radius 2 is 1.97 bits per heavy atom. The number of halogens is 1. The van der Waals surface area contributed by atoms with Crippen LogP contribution in [0.15, 0.2) is 40.4 Å². The molecule has 0 atom stereocenters. The first-order chi connectivity index (χ1) is 14.0. The highest BCUT2D eigenvalue weighted by Crippen LogP contribution is 2.34. The van der Waals surface area contributed by atoms with Gasteiger partial charge in [0.2, 0.25) is 0 Å². The molecule has 2 aliphatic rings. The molecule has 3 N–H and O–H groups in total. The third-order valence-corrected chi connectivity index (χ3v) is 4.56. The van der Waals surface area contributed by atoms with Crippen LogP contribution in [0.2, 0.25) is 0 Å². The van der Waals surface area contributed by atoms with Gasteiger partial charge in [0, 0.05) is 18.2 Å². The number of hydrogen-bond acceptors (Lipinski definition) is 7. The van der Waals surface area contributed by atoms with Crippen molar-refractivity contribution in [3.63, 3.8) is 0 Å². The molecule has 1 aromatic carbocycles. The number of hydrogen-bond donors (Lipinski definition) is 3. The molecule has 8 heteroatoms. The van der Waals surface area contributed by atoms with Gasteiger partial charge in [-0.15, -0.1) is 0 Å². The van der Waals surface area contributed by atoms with Crippen molar-refractivity contribution >= 4 is 23.5 Å². The zero-order chi connectivity index (χ0) is 20.4. The predicted octanol–water partition coefficient (Wildman–Crippen LogP) is 3.54. The Bertz CT molecular complexity index is 1050. The van der Waals surface area contributed by atoms with E-state index in [0.717, 1.165) is 23.1 Å². The molecule has 0 amide bonds. The number of aliphatic imine (C=N–C) groups is 1. The minimum atomic E-state index is -0.426. The minimum Gasteiger partial charge on any atom is -0.421 e. The third-order valence-electron chi connectivity index (χ3n) is 4.56. The molecule has 150 valence electrons. The molecule has 1 aliphatic heterocycles. The lowest BCUT2D eigenvalue weighted by Gasteiger charge is -2.12. The zero-order valence-corrected chi connectivity index (χ0v) is 16.3. The Morgan fingerprint density at radius 3 is 2.72 bits per heavy atom. The molecular formula is C21H22FN5O2. The van der Waals surface area contributed by atoms with Gasteiger partial charge in [-0.2, -0.15) is 9.97 Å². The van der Waals surface area contributed by atoms with Gasteiger partial charge in [0.1, 0.15) is 17.5 Å². The molecule has 4 rings (SSSR count). The average Bonchev–Trinajstić information content (AvgIpc) is 3.27. The van der Waals surface area contributed by atoms with E-state index in [1.165, 1.54) is 0 Å². The van der Waals surface area contributed by atoms with Crippen LogP contribution in [-0.4, -0.2) is 40.6 Å². The van der Waals surface area contributed by atoms with E-state index in [2.05, 4.69) is 25.6 Å². The molecule has 2 aromatic rings. The van der Waals surface area contributed by atoms with Gasteiger partial charge in [-0.05, 0) is 43.5 Å². The Labute approximate surface area is 168 Å². The van der Waals surface area contributed by atoms with Gasteiger partial charge >= 0.3 is 6.01 Å². The third kappa shape index (κ3) is 4.27. The number of nitrogens with zero attached hydrogens (tertiary/aromatic N) is 3. The molecule has 0 saturated heterocycles. The summed E-state index contributed by atoms with van der Waals surface area (Å²) < 4.78 is 20.6. The first kappa shape index (κ1) is 19.1. The maximum Gasteiger partial charge on any atom is 0.326 e. The maximum atomic E-state index is 14.9. The van der Waals surface area contributed by atoms with E-state index in [-0.39, 0.29) is 18.4 Å². The molecule has 1 aromatic heterocycles. The van der Waals surface area contributed by atoms with E-state index in [9.17, 15) is 4.39 Å². The van der Waals surface area contributed by atoms with Crippen LogP contribution in [-0.2, 0) is 6.42 Å². The number of aliphatic hydroxyl groups is 1. The quantitative estimate of drug-likeness (QED) is 0.693. The normalized spacial score (nSPS) is 14.8. The monoisotopic (exact) mass is 395 g/mol. The van der Waals surface area contributed by atoms with Crippen LogP contribution in [0, 0.1) is 5.82 Å². The maximum absolute atomic E-state index is 14.9. The molecule has 0 saturated carbocycles. The first-order valence-electron chi connectivity index (χ1n) is 9.40. The summed E-state index contributed by atoms with van der Waals surface area (Å²) in [7, 11) is 0. The van der Waals surface area contributed by atoms with Crippen LogP contribution in [0.1, 0.15) is 25.0 Å². The minimum absolute atomic E-state index is 0.00714. The highest BCUT2D eigenvalue weighted by Gasteiger charge is 2.19. The van der Waals surface area contributed by atoms with Crippen molar-refractivity contribution in [1.29, 1.82) is 0 Å². The fraction of sp³-hybridized carbons (Fsp3) is 0.286. The van der Waals surface area contributed by atoms with E-state index in [0.29, 0.717) is 36.1 Å². The summed E-state index contributed by atoms with van der Waals surface area (Å²) in [5, 5.41) is 15.2. The Hall–Kier alpha value is -3.26. The first-order valence-corrected chi connectivity index (χ1v) is 9.40. The summed E-state index contributed by atoms with van der Waals surface area (Å²) in [5.74, 6) is 1.23. The molecule has 0 unspecified atom stereocenters. The molecule has 0 fully saturated rings. The highest BCUT2D eigenvalue weighted by molar-refractivity contribution is 6.05. The summed E-state index contributed by atoms with van der Waals surface area (Å²) in [5.41, 5.74) is 3.74. The summed E-state index contributed by atoms with van der Waals surface area (Å²) in [6, 6.07) is 5.12. The number of benzene rings is 1. The van der Waals surface area contributed by atoms with E-state index in [1.807, 2.05) is 32.1 Å². The van der Waals surface area contributed by atoms with Crippen molar-refractivity contribution in [1.82, 2.24) is 9.97 Å². The van der Waals surface area contributed by atoms with E-state index in [1.54, 1.807) is 12.1 Å². The second-order valence-corrected chi connectivity index (χ2v) is 7.11. The number of fused-ring (bicyclic) bond motifs is 1. The molecular weight excluding hydrogens is 373 g/mol. The standard InChI is InChI=1S/C21H22FN5O2/c1-12-7-14-3-4-16(20(22)15(14)8-12)29-21-26-18(23-5-6-28)10-19(27-21)25-17-9-13(2)11-24-17/h3-4,8-10,28H,5-7,11H2,1-2H3,(H2,23,24,25,26,27). The van der Waals surface area contributed by atoms with Crippen LogP contribution in [0.5, 0.6) is 11.8 Å². The van der Waals surface area contributed by atoms with Crippen molar-refractivity contribution < 1.29 is 14.2 Å². The van der Waals surface area contributed by atoms with Crippen LogP contribution < -0.4 is 15.4 Å². The molecule has 2 heterocycles. The molecule has 0 bridgehead atoms. The molecule has 1 aliphatic carbocycles. The lowest BCUT2D eigenvalue weighted by Crippen LogP contribution is -2.12. The number of rotatable bonds is 6. The van der Waals surface area contributed by atoms with Crippen LogP contribution in [0.3, 0.4) is 0 Å². The summed E-state index contributed by atoms with van der Waals surface area (Å²) in [4.78, 5) is 13.0. The fourth-order valence-corrected chi connectivity index (χ4v) is 3.25. The zero-order valence-electron chi connectivity index (χ0n) is 16.3. The highest BCUT2D eigenvalue weighted by atomic mass is 19.1. The van der Waals surface area contributed by atoms with Crippen molar-refractivity contribution in [2.75, 3.05) is 30.3 Å². The fourth-order valence-electron chi connectivity index (χ4n) is 3.25. The predicted molar refractivity (Wildman–Crippen MR) is 111 cm³/mol. The van der Waals surface area contributed by atoms with Crippen molar-refractivity contribution in [2.45, 2.75) is 20.3 Å². The number of nitrogens with one attached hydrogen (secondary N) is 2. The largest absolute Gasteiger partial charge is 0.421 e. The average molecular weight is 395 g/mol. The van der Waals surface area contributed by atoms with Crippen molar-refractivity contribution in [3.8, 4) is 11.8 Å². The van der Waals surface area contributed by atoms with Gasteiger partial charge in [0.25, 0.3) is 0 Å². The second-order valence-electron chi connectivity index (χ2n) is 7.11. The number of aliphatic hydroxyl groups excluding tert-OH is 1. The second kappa shape index (κ2) is 8.00. The number of amidine groups is 1. The van der Waals surface area contributed by atoms with Gasteiger partial charge < -0.3 is 20.5 Å². The van der Waals surface area contributed by atoms with Gasteiger partial charge in [0.05, 0.1) is 13.2 Å². The number of aromatic nitrogens is 2. The SMILES string of the molecule is CC1=CC(Nc2cc(NCCO)nc(Oc3ccc4c(c3F)C=C(C)C4)n2)=NC1. The van der Waals surface area contributed by atoms with E-state index in [4.69, 9.17) is 9.84 Å². The summed E-state index contributed by atoms with van der Waals surface area (Å²) in [6.45, 7) is 4.86. The van der Waals surface area contributed by atoms with Crippen LogP contribution in [0.25, 0.3) is 6.08 Å². The van der Waals surface area contributed by atoms with Crippen molar-refractivity contribution in [3.05, 3.63) is 52.4 Å². The van der Waals surface area contributed by atoms with Gasteiger partial charge in [-0.1, -0.05) is 17.7 Å². The van der Waals surface area contributed by atoms with E-state index >= 15 is 0 Å². The Balaban J connectivity index is 1.62. The Morgan fingerprint density at radius 1 is 1.14 bits per heavy atom. The van der Waals surface area contributed by atoms with Crippen LogP contribution >= 0.6 is 0 Å². The molecule has 7 nitrogen and oxygen atoms in total. The van der Waals surface area contributed by atoms with Gasteiger partial charge in [-0.3, -0.25) is 4.99 Å². The van der Waals surface area contributed by atoms with E-state index < -0.39 is 5.82 Å². The number of allylic oxidation sites excluding steroid dienone is 1. The number of anilines is 2.